The molecule has 0 spiro atoms. The topological polar surface area (TPSA) is 148 Å². The highest BCUT2D eigenvalue weighted by atomic mass is 32.2. The van der Waals surface area contributed by atoms with Gasteiger partial charge in [0.1, 0.15) is 28.2 Å². The molecule has 0 bridgehead atoms. The second-order valence-electron chi connectivity index (χ2n) is 9.56. The van der Waals surface area contributed by atoms with Crippen LogP contribution in [0.3, 0.4) is 0 Å². The highest BCUT2D eigenvalue weighted by Gasteiger charge is 2.24. The van der Waals surface area contributed by atoms with Crippen molar-refractivity contribution in [2.24, 2.45) is 0 Å². The zero-order valence-electron chi connectivity index (χ0n) is 23.4. The number of nitrogens with one attached hydrogen (secondary N) is 1. The van der Waals surface area contributed by atoms with Gasteiger partial charge in [-0.3, -0.25) is 14.3 Å². The molecule has 0 unspecified atom stereocenters. The van der Waals surface area contributed by atoms with E-state index in [0.717, 1.165) is 6.07 Å². The summed E-state index contributed by atoms with van der Waals surface area (Å²) in [7, 11) is -4.30. The first-order valence-electron chi connectivity index (χ1n) is 13.4. The van der Waals surface area contributed by atoms with Crippen LogP contribution in [0.1, 0.15) is 13.8 Å². The number of hydrogen-bond donors (Lipinski definition) is 1. The molecule has 12 nitrogen and oxygen atoms in total. The Kier molecular flexibility index (Phi) is 8.57. The first-order chi connectivity index (χ1) is 20.7. The van der Waals surface area contributed by atoms with Crippen LogP contribution < -0.4 is 14.4 Å². The number of nitrogens with zero attached hydrogens (tertiary/aromatic N) is 6. The van der Waals surface area contributed by atoms with Crippen LogP contribution >= 0.6 is 0 Å². The zero-order chi connectivity index (χ0) is 30.6. The Bertz CT molecular complexity index is 1830. The third-order valence-corrected chi connectivity index (χ3v) is 8.01. The van der Waals surface area contributed by atoms with E-state index >= 15 is 0 Å². The molecule has 5 rings (SSSR count). The number of allylic oxidation sites excluding steroid dienone is 1. The summed E-state index contributed by atoms with van der Waals surface area (Å²) >= 11 is 0. The summed E-state index contributed by atoms with van der Waals surface area (Å²) < 4.78 is 48.3. The van der Waals surface area contributed by atoms with Gasteiger partial charge >= 0.3 is 0 Å². The monoisotopic (exact) mass is 605 g/mol. The Labute approximate surface area is 247 Å². The van der Waals surface area contributed by atoms with Crippen LogP contribution in [0.2, 0.25) is 0 Å². The Morgan fingerprint density at radius 2 is 1.81 bits per heavy atom. The predicted molar refractivity (Wildman–Crippen MR) is 158 cm³/mol. The van der Waals surface area contributed by atoms with E-state index in [1.54, 1.807) is 24.0 Å². The number of benzene rings is 1. The molecule has 3 aromatic heterocycles. The maximum absolute atomic E-state index is 14.3. The summed E-state index contributed by atoms with van der Waals surface area (Å²) in [6, 6.07) is 10.1. The molecule has 1 amide bonds. The van der Waals surface area contributed by atoms with E-state index in [2.05, 4.69) is 19.7 Å². The van der Waals surface area contributed by atoms with Crippen LogP contribution in [0.15, 0.2) is 72.0 Å². The Morgan fingerprint density at radius 3 is 2.53 bits per heavy atom. The van der Waals surface area contributed by atoms with Crippen molar-refractivity contribution in [3.05, 3.63) is 73.0 Å². The molecule has 222 valence electrons. The smallest absolute Gasteiger partial charge is 0.264 e. The van der Waals surface area contributed by atoms with Gasteiger partial charge in [-0.2, -0.15) is 0 Å². The number of carbonyl (C=O) groups excluding carboxylic acids is 2. The number of ether oxygens (including phenoxy) is 1. The van der Waals surface area contributed by atoms with Gasteiger partial charge in [0.05, 0.1) is 17.8 Å². The molecule has 0 saturated carbocycles. The third kappa shape index (κ3) is 6.59. The third-order valence-electron chi connectivity index (χ3n) is 6.61. The molecule has 43 heavy (non-hydrogen) atoms. The minimum Gasteiger partial charge on any atom is -0.476 e. The van der Waals surface area contributed by atoms with Crippen molar-refractivity contribution in [2.75, 3.05) is 42.4 Å². The molecule has 1 aliphatic heterocycles. The average Bonchev–Trinajstić information content (AvgIpc) is 3.00. The first-order valence-corrected chi connectivity index (χ1v) is 14.9. The van der Waals surface area contributed by atoms with Gasteiger partial charge in [0.15, 0.2) is 11.6 Å². The Hall–Kier alpha value is -4.98. The molecule has 1 aliphatic rings. The summed E-state index contributed by atoms with van der Waals surface area (Å²) in [4.78, 5) is 44.6. The van der Waals surface area contributed by atoms with Gasteiger partial charge in [0.25, 0.3) is 10.0 Å². The minimum absolute atomic E-state index is 0.0219. The molecule has 14 heteroatoms. The number of fused-ring (bicyclic) bond motifs is 1. The quantitative estimate of drug-likeness (QED) is 0.282. The van der Waals surface area contributed by atoms with Crippen LogP contribution in [-0.2, 0) is 19.6 Å². The number of hydrogen-bond acceptors (Lipinski definition) is 10. The van der Waals surface area contributed by atoms with Crippen molar-refractivity contribution in [1.82, 2.24) is 24.8 Å². The van der Waals surface area contributed by atoms with E-state index in [-0.39, 0.29) is 29.9 Å². The number of ketones is 1. The molecule has 1 aromatic carbocycles. The summed E-state index contributed by atoms with van der Waals surface area (Å²) in [6.07, 6.45) is 5.48. The van der Waals surface area contributed by atoms with Gasteiger partial charge in [-0.05, 0) is 50.3 Å². The predicted octanol–water partition coefficient (Wildman–Crippen LogP) is 3.22. The van der Waals surface area contributed by atoms with Crippen LogP contribution in [-0.4, -0.2) is 77.7 Å². The van der Waals surface area contributed by atoms with Crippen molar-refractivity contribution in [3.8, 4) is 17.1 Å². The Balaban J connectivity index is 1.45. The fourth-order valence-corrected chi connectivity index (χ4v) is 5.66. The first kappa shape index (κ1) is 29.5. The summed E-state index contributed by atoms with van der Waals surface area (Å²) in [5.74, 6) is -0.705. The lowest BCUT2D eigenvalue weighted by Gasteiger charge is -2.35. The lowest BCUT2D eigenvalue weighted by Crippen LogP contribution is -2.48. The molecule has 0 atom stereocenters. The van der Waals surface area contributed by atoms with Crippen LogP contribution in [0.25, 0.3) is 22.3 Å². The number of pyridine rings is 2. The molecular weight excluding hydrogens is 577 g/mol. The molecule has 1 N–H and O–H groups in total. The van der Waals surface area contributed by atoms with Gasteiger partial charge in [-0.15, -0.1) is 0 Å². The van der Waals surface area contributed by atoms with E-state index < -0.39 is 20.7 Å². The highest BCUT2D eigenvalue weighted by Crippen LogP contribution is 2.32. The van der Waals surface area contributed by atoms with Gasteiger partial charge in [-0.1, -0.05) is 12.1 Å². The molecule has 0 aliphatic carbocycles. The molecule has 0 radical (unpaired) electrons. The number of sulfonamides is 1. The van der Waals surface area contributed by atoms with Gasteiger partial charge < -0.3 is 14.5 Å². The van der Waals surface area contributed by atoms with Crippen molar-refractivity contribution in [1.29, 1.82) is 0 Å². The standard InChI is InChI=1S/C29H28FN7O5S/c1-3-42-29-24(35-43(40,41)25-7-5-4-6-21(25)30)16-20(17-31-29)22-9-10-23-27(34-22)28(33-18-32-23)37-14-12-36(13-15-37)26(39)11-8-19(2)38/h4-11,16-18,35H,3,12-15H2,1-2H3/b11-8+. The number of piperazine rings is 1. The van der Waals surface area contributed by atoms with Gasteiger partial charge in [0, 0.05) is 44.0 Å². The maximum atomic E-state index is 14.3. The maximum Gasteiger partial charge on any atom is 0.264 e. The van der Waals surface area contributed by atoms with E-state index in [4.69, 9.17) is 9.72 Å². The zero-order valence-corrected chi connectivity index (χ0v) is 24.2. The van der Waals surface area contributed by atoms with Crippen LogP contribution in [0.4, 0.5) is 15.9 Å². The number of amides is 1. The van der Waals surface area contributed by atoms with Crippen LogP contribution in [0, 0.1) is 5.82 Å². The van der Waals surface area contributed by atoms with Gasteiger partial charge in [-0.25, -0.2) is 32.7 Å². The molecule has 4 aromatic rings. The van der Waals surface area contributed by atoms with Crippen LogP contribution in [0.5, 0.6) is 5.88 Å². The number of aromatic nitrogens is 4. The lowest BCUT2D eigenvalue weighted by molar-refractivity contribution is -0.126. The highest BCUT2D eigenvalue weighted by molar-refractivity contribution is 7.92. The van der Waals surface area contributed by atoms with Gasteiger partial charge in [0.2, 0.25) is 11.8 Å². The number of anilines is 2. The summed E-state index contributed by atoms with van der Waals surface area (Å²) in [5, 5.41) is 0. The number of rotatable bonds is 9. The van der Waals surface area contributed by atoms with E-state index in [1.807, 2.05) is 4.90 Å². The molecule has 1 saturated heterocycles. The fourth-order valence-electron chi connectivity index (χ4n) is 4.53. The Morgan fingerprint density at radius 1 is 1.05 bits per heavy atom. The number of halogens is 1. The van der Waals surface area contributed by atoms with E-state index in [9.17, 15) is 22.4 Å². The van der Waals surface area contributed by atoms with Crippen molar-refractivity contribution >= 4 is 44.3 Å². The largest absolute Gasteiger partial charge is 0.476 e. The average molecular weight is 606 g/mol. The lowest BCUT2D eigenvalue weighted by atomic mass is 10.1. The summed E-state index contributed by atoms with van der Waals surface area (Å²) in [5.41, 5.74) is 2.07. The number of carbonyl (C=O) groups is 2. The minimum atomic E-state index is -4.30. The molecule has 4 heterocycles. The van der Waals surface area contributed by atoms with E-state index in [0.29, 0.717) is 54.3 Å². The second-order valence-corrected chi connectivity index (χ2v) is 11.2. The van der Waals surface area contributed by atoms with Crippen molar-refractivity contribution < 1.29 is 27.1 Å². The van der Waals surface area contributed by atoms with Crippen molar-refractivity contribution in [3.63, 3.8) is 0 Å². The van der Waals surface area contributed by atoms with E-state index in [1.165, 1.54) is 55.9 Å². The second kappa shape index (κ2) is 12.5. The SMILES string of the molecule is CCOc1ncc(-c2ccc3ncnc(N4CCN(C(=O)/C=C/C(C)=O)CC4)c3n2)cc1NS(=O)(=O)c1ccccc1F. The summed E-state index contributed by atoms with van der Waals surface area (Å²) in [6.45, 7) is 5.19. The fraction of sp³-hybridized carbons (Fsp3) is 0.241. The molecule has 1 fully saturated rings. The molecular formula is C29H28FN7O5S. The van der Waals surface area contributed by atoms with Crippen molar-refractivity contribution in [2.45, 2.75) is 18.7 Å². The normalized spacial score (nSPS) is 13.8.